The van der Waals surface area contributed by atoms with Crippen molar-refractivity contribution < 1.29 is 9.47 Å². The molecule has 0 atom stereocenters. The zero-order valence-corrected chi connectivity index (χ0v) is 16.9. The lowest BCUT2D eigenvalue weighted by Crippen LogP contribution is -2.37. The van der Waals surface area contributed by atoms with Crippen LogP contribution >= 0.6 is 0 Å². The highest BCUT2D eigenvalue weighted by molar-refractivity contribution is 6.09. The van der Waals surface area contributed by atoms with E-state index in [-0.39, 0.29) is 11.2 Å². The van der Waals surface area contributed by atoms with E-state index in [0.717, 1.165) is 15.5 Å². The van der Waals surface area contributed by atoms with Gasteiger partial charge in [-0.15, -0.1) is 0 Å². The summed E-state index contributed by atoms with van der Waals surface area (Å²) in [4.78, 5) is 30.6. The lowest BCUT2D eigenvalue weighted by Gasteiger charge is -2.15. The topological polar surface area (TPSA) is 75.4 Å². The Labute approximate surface area is 166 Å². The van der Waals surface area contributed by atoms with Crippen molar-refractivity contribution in [2.75, 3.05) is 14.2 Å². The molecule has 7 heteroatoms. The summed E-state index contributed by atoms with van der Waals surface area (Å²) in [6.45, 7) is 1.96. The molecule has 2 heterocycles. The van der Waals surface area contributed by atoms with Crippen LogP contribution in [0.15, 0.2) is 46.0 Å². The Balaban J connectivity index is 2.24. The van der Waals surface area contributed by atoms with Gasteiger partial charge in [0.15, 0.2) is 11.5 Å². The Hall–Kier alpha value is -3.61. The predicted octanol–water partition coefficient (Wildman–Crippen LogP) is 2.78. The fourth-order valence-corrected chi connectivity index (χ4v) is 3.68. The third-order valence-electron chi connectivity index (χ3n) is 5.20. The van der Waals surface area contributed by atoms with Crippen LogP contribution in [-0.4, -0.2) is 28.3 Å². The third-order valence-corrected chi connectivity index (χ3v) is 5.20. The molecule has 0 unspecified atom stereocenters. The minimum Gasteiger partial charge on any atom is -0.493 e. The molecule has 0 aliphatic heterocycles. The Bertz CT molecular complexity index is 1400. The van der Waals surface area contributed by atoms with Gasteiger partial charge in [0.1, 0.15) is 0 Å². The van der Waals surface area contributed by atoms with Crippen LogP contribution in [0.5, 0.6) is 11.5 Å². The maximum atomic E-state index is 13.2. The smallest absolute Gasteiger partial charge is 0.330 e. The Morgan fingerprint density at radius 2 is 1.62 bits per heavy atom. The predicted molar refractivity (Wildman–Crippen MR) is 113 cm³/mol. The quantitative estimate of drug-likeness (QED) is 0.502. The second-order valence-electron chi connectivity index (χ2n) is 6.98. The number of benzene rings is 2. The van der Waals surface area contributed by atoms with Crippen molar-refractivity contribution >= 4 is 21.8 Å². The van der Waals surface area contributed by atoms with Crippen LogP contribution in [0.1, 0.15) is 5.56 Å². The fraction of sp³-hybridized carbons (Fsp3) is 0.227. The summed E-state index contributed by atoms with van der Waals surface area (Å²) in [5.41, 5.74) is 2.72. The van der Waals surface area contributed by atoms with E-state index in [2.05, 4.69) is 0 Å². The van der Waals surface area contributed by atoms with E-state index in [1.807, 2.05) is 31.2 Å². The summed E-state index contributed by atoms with van der Waals surface area (Å²) in [6, 6.07) is 11.2. The van der Waals surface area contributed by atoms with Crippen molar-refractivity contribution in [3.63, 3.8) is 0 Å². The van der Waals surface area contributed by atoms with E-state index in [9.17, 15) is 9.59 Å². The van der Waals surface area contributed by atoms with E-state index in [0.29, 0.717) is 39.2 Å². The van der Waals surface area contributed by atoms with Gasteiger partial charge >= 0.3 is 5.69 Å². The van der Waals surface area contributed by atoms with Crippen LogP contribution in [0.25, 0.3) is 33.1 Å². The summed E-state index contributed by atoms with van der Waals surface area (Å²) in [5.74, 6) is 1.11. The highest BCUT2D eigenvalue weighted by Gasteiger charge is 2.19. The molecule has 0 bridgehead atoms. The highest BCUT2D eigenvalue weighted by atomic mass is 16.5. The van der Waals surface area contributed by atoms with E-state index in [1.165, 1.54) is 11.6 Å². The Morgan fingerprint density at radius 1 is 0.897 bits per heavy atom. The summed E-state index contributed by atoms with van der Waals surface area (Å²) in [7, 11) is 6.27. The molecule has 0 fully saturated rings. The number of pyridine rings is 1. The maximum Gasteiger partial charge on any atom is 0.330 e. The molecule has 4 rings (SSSR count). The molecule has 0 amide bonds. The molecule has 2 aromatic carbocycles. The molecule has 29 heavy (non-hydrogen) atoms. The van der Waals surface area contributed by atoms with Crippen molar-refractivity contribution in [2.24, 2.45) is 14.1 Å². The van der Waals surface area contributed by atoms with Crippen molar-refractivity contribution in [3.05, 3.63) is 62.8 Å². The van der Waals surface area contributed by atoms with Gasteiger partial charge in [-0.1, -0.05) is 11.6 Å². The molecule has 0 saturated heterocycles. The molecule has 0 saturated carbocycles. The number of ether oxygens (including phenoxy) is 2. The van der Waals surface area contributed by atoms with Crippen molar-refractivity contribution in [1.29, 1.82) is 0 Å². The van der Waals surface area contributed by atoms with Gasteiger partial charge in [0.05, 0.1) is 36.3 Å². The maximum absolute atomic E-state index is 13.2. The average Bonchev–Trinajstić information content (AvgIpc) is 2.74. The van der Waals surface area contributed by atoms with E-state index in [1.54, 1.807) is 33.4 Å². The number of fused-ring (bicyclic) bond motifs is 3. The van der Waals surface area contributed by atoms with Crippen molar-refractivity contribution in [1.82, 2.24) is 14.1 Å². The summed E-state index contributed by atoms with van der Waals surface area (Å²) in [5, 5.41) is 1.15. The third kappa shape index (κ3) is 2.77. The van der Waals surface area contributed by atoms with Crippen LogP contribution in [-0.2, 0) is 14.1 Å². The van der Waals surface area contributed by atoms with E-state index >= 15 is 0 Å². The van der Waals surface area contributed by atoms with Gasteiger partial charge in [0.2, 0.25) is 0 Å². The number of nitrogens with zero attached hydrogens (tertiary/aromatic N) is 3. The number of hydrogen-bond donors (Lipinski definition) is 0. The molecule has 7 nitrogen and oxygen atoms in total. The average molecular weight is 391 g/mol. The molecule has 4 aromatic rings. The minimum atomic E-state index is -0.385. The van der Waals surface area contributed by atoms with Crippen LogP contribution < -0.4 is 20.7 Å². The molecule has 0 spiro atoms. The zero-order chi connectivity index (χ0) is 20.9. The van der Waals surface area contributed by atoms with Gasteiger partial charge in [0, 0.05) is 25.0 Å². The van der Waals surface area contributed by atoms with Crippen LogP contribution in [0.4, 0.5) is 0 Å². The first-order valence-electron chi connectivity index (χ1n) is 9.10. The second-order valence-corrected chi connectivity index (χ2v) is 6.98. The van der Waals surface area contributed by atoms with Crippen LogP contribution in [0.2, 0.25) is 0 Å². The minimum absolute atomic E-state index is 0.380. The van der Waals surface area contributed by atoms with Crippen molar-refractivity contribution in [3.8, 4) is 22.8 Å². The molecule has 0 radical (unpaired) electrons. The Kier molecular flexibility index (Phi) is 4.38. The standard InChI is InChI=1S/C22H21N3O4/c1-12-6-8-15-14(10-12)20-18(21(26)25(3)22(27)24(20)2)19(23-15)13-7-9-16(28-4)17(11-13)29-5/h6-11H,1-5H3. The number of aromatic nitrogens is 3. The normalized spacial score (nSPS) is 11.2. The van der Waals surface area contributed by atoms with E-state index < -0.39 is 0 Å². The largest absolute Gasteiger partial charge is 0.493 e. The first kappa shape index (κ1) is 18.7. The summed E-state index contributed by atoms with van der Waals surface area (Å²) >= 11 is 0. The zero-order valence-electron chi connectivity index (χ0n) is 16.9. The number of methoxy groups -OCH3 is 2. The highest BCUT2D eigenvalue weighted by Crippen LogP contribution is 2.35. The first-order chi connectivity index (χ1) is 13.9. The molecular formula is C22H21N3O4. The van der Waals surface area contributed by atoms with Gasteiger partial charge in [-0.25, -0.2) is 9.78 Å². The fourth-order valence-electron chi connectivity index (χ4n) is 3.68. The van der Waals surface area contributed by atoms with Crippen molar-refractivity contribution in [2.45, 2.75) is 6.92 Å². The van der Waals surface area contributed by atoms with E-state index in [4.69, 9.17) is 14.5 Å². The number of aryl methyl sites for hydroxylation is 2. The number of rotatable bonds is 3. The lowest BCUT2D eigenvalue weighted by molar-refractivity contribution is 0.355. The first-order valence-corrected chi connectivity index (χ1v) is 9.10. The van der Waals surface area contributed by atoms with Gasteiger partial charge in [-0.2, -0.15) is 0 Å². The van der Waals surface area contributed by atoms with Crippen LogP contribution in [0, 0.1) is 6.92 Å². The van der Waals surface area contributed by atoms with Gasteiger partial charge in [-0.3, -0.25) is 13.9 Å². The molecule has 148 valence electrons. The number of hydrogen-bond acceptors (Lipinski definition) is 5. The molecular weight excluding hydrogens is 370 g/mol. The molecule has 0 aliphatic rings. The van der Waals surface area contributed by atoms with Gasteiger partial charge in [-0.05, 0) is 37.3 Å². The lowest BCUT2D eigenvalue weighted by atomic mass is 10.0. The molecule has 0 aliphatic carbocycles. The second kappa shape index (κ2) is 6.77. The summed E-state index contributed by atoms with van der Waals surface area (Å²) < 4.78 is 13.3. The Morgan fingerprint density at radius 3 is 2.31 bits per heavy atom. The van der Waals surface area contributed by atoms with Crippen LogP contribution in [0.3, 0.4) is 0 Å². The summed E-state index contributed by atoms with van der Waals surface area (Å²) in [6.07, 6.45) is 0. The molecule has 0 N–H and O–H groups in total. The molecule has 2 aromatic heterocycles. The SMILES string of the molecule is COc1ccc(-c2nc3ccc(C)cc3c3c2c(=O)n(C)c(=O)n3C)cc1OC. The van der Waals surface area contributed by atoms with Gasteiger partial charge < -0.3 is 9.47 Å². The monoisotopic (exact) mass is 391 g/mol. The van der Waals surface area contributed by atoms with Gasteiger partial charge in [0.25, 0.3) is 5.56 Å².